The van der Waals surface area contributed by atoms with E-state index in [-0.39, 0.29) is 29.8 Å². The molecule has 1 aliphatic heterocycles. The normalized spacial score (nSPS) is 18.5. The lowest BCUT2D eigenvalue weighted by molar-refractivity contribution is -0.132. The van der Waals surface area contributed by atoms with Crippen LogP contribution in [-0.2, 0) is 18.9 Å². The summed E-state index contributed by atoms with van der Waals surface area (Å²) < 4.78 is 2.12. The molecule has 112 valence electrons. The number of nitrogens with zero attached hydrogens (tertiary/aromatic N) is 4. The summed E-state index contributed by atoms with van der Waals surface area (Å²) in [7, 11) is 4.55. The fourth-order valence-corrected chi connectivity index (χ4v) is 2.37. The molecule has 1 unspecified atom stereocenters. The number of nitrogens with one attached hydrogen (secondary N) is 1. The first-order chi connectivity index (χ1) is 9.86. The largest absolute Gasteiger partial charge is 0.367 e. The highest BCUT2D eigenvalue weighted by molar-refractivity contribution is 5.78. The van der Waals surface area contributed by atoms with Gasteiger partial charge in [-0.1, -0.05) is 0 Å². The van der Waals surface area contributed by atoms with Crippen molar-refractivity contribution in [3.05, 3.63) is 26.4 Å². The van der Waals surface area contributed by atoms with Gasteiger partial charge in [-0.3, -0.25) is 18.7 Å². The summed E-state index contributed by atoms with van der Waals surface area (Å²) in [5.74, 6) is 0.166. The van der Waals surface area contributed by atoms with Crippen molar-refractivity contribution in [3.8, 4) is 6.07 Å². The van der Waals surface area contributed by atoms with Crippen molar-refractivity contribution in [3.63, 3.8) is 0 Å². The van der Waals surface area contributed by atoms with E-state index < -0.39 is 11.2 Å². The van der Waals surface area contributed by atoms with Gasteiger partial charge in [0.2, 0.25) is 5.91 Å². The lowest BCUT2D eigenvalue weighted by atomic mass is 10.0. The van der Waals surface area contributed by atoms with Crippen LogP contribution in [-0.4, -0.2) is 39.6 Å². The van der Waals surface area contributed by atoms with Gasteiger partial charge in [0, 0.05) is 40.2 Å². The number of carbonyl (C=O) groups excluding carboxylic acids is 1. The van der Waals surface area contributed by atoms with Crippen LogP contribution < -0.4 is 16.6 Å². The van der Waals surface area contributed by atoms with Crippen molar-refractivity contribution in [1.82, 2.24) is 14.0 Å². The predicted molar refractivity (Wildman–Crippen MR) is 75.9 cm³/mol. The highest BCUT2D eigenvalue weighted by Gasteiger charge is 2.25. The first-order valence-electron chi connectivity index (χ1n) is 6.57. The fourth-order valence-electron chi connectivity index (χ4n) is 2.37. The number of aromatic nitrogens is 2. The van der Waals surface area contributed by atoms with E-state index in [9.17, 15) is 14.4 Å². The van der Waals surface area contributed by atoms with Crippen LogP contribution in [0.2, 0.25) is 0 Å². The molecule has 0 aliphatic carbocycles. The summed E-state index contributed by atoms with van der Waals surface area (Å²) in [5.41, 5.74) is -1.27. The Hall–Kier alpha value is -2.56. The number of piperidine rings is 1. The Kier molecular flexibility index (Phi) is 3.84. The van der Waals surface area contributed by atoms with Crippen LogP contribution in [0.4, 0.5) is 5.82 Å². The molecule has 21 heavy (non-hydrogen) atoms. The molecule has 0 spiro atoms. The quantitative estimate of drug-likeness (QED) is 0.752. The van der Waals surface area contributed by atoms with Crippen LogP contribution in [0.15, 0.2) is 9.59 Å². The molecule has 0 bridgehead atoms. The number of nitriles is 1. The minimum absolute atomic E-state index is 0.00825. The van der Waals surface area contributed by atoms with Gasteiger partial charge in [-0.15, -0.1) is 0 Å². The van der Waals surface area contributed by atoms with Crippen LogP contribution in [0, 0.1) is 11.3 Å². The van der Waals surface area contributed by atoms with E-state index in [0.29, 0.717) is 13.0 Å². The van der Waals surface area contributed by atoms with Gasteiger partial charge in [-0.05, 0) is 6.42 Å². The Morgan fingerprint density at radius 3 is 2.43 bits per heavy atom. The van der Waals surface area contributed by atoms with E-state index in [1.54, 1.807) is 11.9 Å². The van der Waals surface area contributed by atoms with E-state index in [2.05, 4.69) is 5.32 Å². The lowest BCUT2D eigenvalue weighted by Crippen LogP contribution is -2.44. The smallest absolute Gasteiger partial charge is 0.332 e. The van der Waals surface area contributed by atoms with Gasteiger partial charge in [0.1, 0.15) is 11.9 Å². The first-order valence-corrected chi connectivity index (χ1v) is 6.57. The lowest BCUT2D eigenvalue weighted by Gasteiger charge is -2.30. The maximum atomic E-state index is 12.0. The molecule has 0 radical (unpaired) electrons. The zero-order chi connectivity index (χ0) is 15.7. The molecule has 1 amide bonds. The number of likely N-dealkylation sites (tertiary alicyclic amines) is 1. The molecular weight excluding hydrogens is 274 g/mol. The number of carbonyl (C=O) groups is 1. The van der Waals surface area contributed by atoms with Crippen LogP contribution >= 0.6 is 0 Å². The molecule has 2 heterocycles. The third-order valence-electron chi connectivity index (χ3n) is 3.78. The summed E-state index contributed by atoms with van der Waals surface area (Å²) in [6, 6.07) is 1.64. The monoisotopic (exact) mass is 291 g/mol. The van der Waals surface area contributed by atoms with E-state index in [1.165, 1.54) is 18.7 Å². The third kappa shape index (κ3) is 2.54. The molecule has 1 N–H and O–H groups in total. The maximum Gasteiger partial charge on any atom is 0.332 e. The summed E-state index contributed by atoms with van der Waals surface area (Å²) >= 11 is 0. The Balaban J connectivity index is 2.42. The number of amides is 1. The number of hydrogen-bond acceptors (Lipinski definition) is 5. The highest BCUT2D eigenvalue weighted by Crippen LogP contribution is 2.16. The second-order valence-corrected chi connectivity index (χ2v) is 5.19. The van der Waals surface area contributed by atoms with Crippen LogP contribution in [0.25, 0.3) is 0 Å². The minimum Gasteiger partial charge on any atom is -0.367 e. The molecule has 8 nitrogen and oxygen atoms in total. The van der Waals surface area contributed by atoms with Crippen molar-refractivity contribution < 1.29 is 4.79 Å². The van der Waals surface area contributed by atoms with Crippen molar-refractivity contribution >= 4 is 11.7 Å². The van der Waals surface area contributed by atoms with Gasteiger partial charge >= 0.3 is 5.69 Å². The van der Waals surface area contributed by atoms with Gasteiger partial charge in [-0.25, -0.2) is 4.79 Å². The van der Waals surface area contributed by atoms with Crippen LogP contribution in [0.5, 0.6) is 0 Å². The van der Waals surface area contributed by atoms with Crippen molar-refractivity contribution in [2.45, 2.75) is 18.9 Å². The van der Waals surface area contributed by atoms with Crippen molar-refractivity contribution in [2.24, 2.45) is 14.1 Å². The average Bonchev–Trinajstić information content (AvgIpc) is 2.46. The van der Waals surface area contributed by atoms with Gasteiger partial charge in [0.05, 0.1) is 0 Å². The van der Waals surface area contributed by atoms with Crippen molar-refractivity contribution in [2.75, 3.05) is 18.9 Å². The van der Waals surface area contributed by atoms with Gasteiger partial charge in [-0.2, -0.15) is 5.26 Å². The molecule has 2 rings (SSSR count). The molecule has 1 fully saturated rings. The molecule has 1 atom stereocenters. The number of anilines is 1. The second-order valence-electron chi connectivity index (χ2n) is 5.19. The zero-order valence-electron chi connectivity index (χ0n) is 12.2. The maximum absolute atomic E-state index is 12.0. The summed E-state index contributed by atoms with van der Waals surface area (Å²) in [6.45, 7) is 0.594. The average molecular weight is 291 g/mol. The molecule has 8 heteroatoms. The van der Waals surface area contributed by atoms with Crippen LogP contribution in [0.1, 0.15) is 18.4 Å². The minimum atomic E-state index is -0.637. The Labute approximate surface area is 121 Å². The van der Waals surface area contributed by atoms with Gasteiger partial charge in [0.25, 0.3) is 5.56 Å². The number of rotatable bonds is 2. The summed E-state index contributed by atoms with van der Waals surface area (Å²) in [6.07, 6.45) is 0.960. The fraction of sp³-hybridized carbons (Fsp3) is 0.538. The first kappa shape index (κ1) is 14.8. The van der Waals surface area contributed by atoms with Gasteiger partial charge in [0.15, 0.2) is 5.56 Å². The van der Waals surface area contributed by atoms with E-state index in [0.717, 1.165) is 4.57 Å². The number of hydrogen-bond donors (Lipinski definition) is 1. The van der Waals surface area contributed by atoms with E-state index in [4.69, 9.17) is 5.26 Å². The Morgan fingerprint density at radius 2 is 1.86 bits per heavy atom. The topological polar surface area (TPSA) is 100 Å². The van der Waals surface area contributed by atoms with E-state index in [1.807, 2.05) is 6.07 Å². The van der Waals surface area contributed by atoms with Crippen LogP contribution in [0.3, 0.4) is 0 Å². The second kappa shape index (κ2) is 5.44. The molecule has 1 aromatic heterocycles. The Morgan fingerprint density at radius 1 is 1.19 bits per heavy atom. The SMILES string of the molecule is CN1CCC(Nc2c(C#N)c(=O)n(C)c(=O)n2C)CC1=O. The van der Waals surface area contributed by atoms with Crippen molar-refractivity contribution in [1.29, 1.82) is 5.26 Å². The van der Waals surface area contributed by atoms with Gasteiger partial charge < -0.3 is 10.2 Å². The molecule has 0 saturated carbocycles. The van der Waals surface area contributed by atoms with E-state index >= 15 is 0 Å². The molecule has 1 aromatic rings. The highest BCUT2D eigenvalue weighted by atomic mass is 16.2. The predicted octanol–water partition coefficient (Wildman–Crippen LogP) is -1.01. The molecule has 0 aromatic carbocycles. The summed E-state index contributed by atoms with van der Waals surface area (Å²) in [5, 5.41) is 12.2. The zero-order valence-corrected chi connectivity index (χ0v) is 12.2. The third-order valence-corrected chi connectivity index (χ3v) is 3.78. The molecular formula is C13H17N5O3. The standard InChI is InChI=1S/C13H17N5O3/c1-16-5-4-8(6-10(16)19)15-11-9(7-14)12(20)18(3)13(21)17(11)2/h8,15H,4-6H2,1-3H3. The molecule has 1 aliphatic rings. The Bertz CT molecular complexity index is 740. The summed E-state index contributed by atoms with van der Waals surface area (Å²) in [4.78, 5) is 37.2. The molecule has 1 saturated heterocycles.